The summed E-state index contributed by atoms with van der Waals surface area (Å²) in [5, 5.41) is 9.11. The van der Waals surface area contributed by atoms with E-state index in [1.54, 1.807) is 25.9 Å². The maximum absolute atomic E-state index is 12.9. The topological polar surface area (TPSA) is 91.1 Å². The van der Waals surface area contributed by atoms with Gasteiger partial charge < -0.3 is 19.3 Å². The molecule has 7 nitrogen and oxygen atoms in total. The van der Waals surface area contributed by atoms with Crippen molar-refractivity contribution in [3.05, 3.63) is 53.0 Å². The van der Waals surface area contributed by atoms with Gasteiger partial charge in [-0.05, 0) is 24.6 Å². The molecule has 2 amide bonds. The zero-order valence-corrected chi connectivity index (χ0v) is 14.9. The summed E-state index contributed by atoms with van der Waals surface area (Å²) in [5.41, 5.74) is 1.63. The van der Waals surface area contributed by atoms with Crippen LogP contribution in [0.4, 0.5) is 5.69 Å². The van der Waals surface area contributed by atoms with Gasteiger partial charge >= 0.3 is 5.97 Å². The number of aryl methyl sites for hydroxylation is 1. The van der Waals surface area contributed by atoms with Crippen molar-refractivity contribution >= 4 is 23.5 Å². The first-order chi connectivity index (χ1) is 12.3. The first-order valence-electron chi connectivity index (χ1n) is 8.22. The molecule has 26 heavy (non-hydrogen) atoms. The number of benzene rings is 1. The summed E-state index contributed by atoms with van der Waals surface area (Å²) in [6.45, 7) is 1.70. The minimum Gasteiger partial charge on any atom is -0.478 e. The number of para-hydroxylation sites is 1. The average Bonchev–Trinajstić information content (AvgIpc) is 2.98. The fraction of sp³-hybridized carbons (Fsp3) is 0.316. The Kier molecular flexibility index (Phi) is 4.54. The number of carbonyl (C=O) groups is 3. The van der Waals surface area contributed by atoms with Crippen LogP contribution < -0.4 is 4.90 Å². The minimum atomic E-state index is -1.07. The Morgan fingerprint density at radius 3 is 2.69 bits per heavy atom. The molecular weight excluding hydrogens is 336 g/mol. The molecule has 1 aliphatic heterocycles. The third-order valence-electron chi connectivity index (χ3n) is 4.69. The van der Waals surface area contributed by atoms with Crippen molar-refractivity contribution in [1.82, 2.24) is 4.90 Å². The van der Waals surface area contributed by atoms with Crippen LogP contribution in [-0.4, -0.2) is 41.9 Å². The largest absolute Gasteiger partial charge is 0.478 e. The molecular formula is C19H20N2O5. The van der Waals surface area contributed by atoms with Crippen molar-refractivity contribution in [2.75, 3.05) is 19.0 Å². The van der Waals surface area contributed by atoms with E-state index in [0.717, 1.165) is 11.3 Å². The Balaban J connectivity index is 1.83. The maximum Gasteiger partial charge on any atom is 0.339 e. The van der Waals surface area contributed by atoms with Gasteiger partial charge in [0.1, 0.15) is 17.1 Å². The van der Waals surface area contributed by atoms with Crippen LogP contribution in [0.3, 0.4) is 0 Å². The molecule has 1 atom stereocenters. The molecule has 7 heteroatoms. The minimum absolute atomic E-state index is 0.0839. The van der Waals surface area contributed by atoms with E-state index >= 15 is 0 Å². The third-order valence-corrected chi connectivity index (χ3v) is 4.69. The monoisotopic (exact) mass is 356 g/mol. The van der Waals surface area contributed by atoms with Gasteiger partial charge in [-0.2, -0.15) is 0 Å². The average molecular weight is 356 g/mol. The van der Waals surface area contributed by atoms with Crippen LogP contribution in [0.25, 0.3) is 0 Å². The summed E-state index contributed by atoms with van der Waals surface area (Å²) < 4.78 is 5.44. The zero-order chi connectivity index (χ0) is 19.0. The quantitative estimate of drug-likeness (QED) is 0.908. The third kappa shape index (κ3) is 3.08. The molecule has 0 radical (unpaired) electrons. The van der Waals surface area contributed by atoms with Crippen molar-refractivity contribution in [3.63, 3.8) is 0 Å². The highest BCUT2D eigenvalue weighted by molar-refractivity contribution is 6.02. The molecule has 0 unspecified atom stereocenters. The number of carboxylic acid groups (broad SMARTS) is 1. The van der Waals surface area contributed by atoms with Gasteiger partial charge in [0.25, 0.3) is 0 Å². The number of nitrogens with zero attached hydrogens (tertiary/aromatic N) is 2. The summed E-state index contributed by atoms with van der Waals surface area (Å²) in [4.78, 5) is 39.3. The van der Waals surface area contributed by atoms with E-state index in [2.05, 4.69) is 0 Å². The van der Waals surface area contributed by atoms with Crippen molar-refractivity contribution in [2.24, 2.45) is 0 Å². The van der Waals surface area contributed by atoms with Gasteiger partial charge in [-0.3, -0.25) is 9.59 Å². The predicted molar refractivity (Wildman–Crippen MR) is 94.1 cm³/mol. The summed E-state index contributed by atoms with van der Waals surface area (Å²) in [6.07, 6.45) is 0.105. The number of carbonyl (C=O) groups excluding carboxylic acids is 2. The number of amides is 2. The van der Waals surface area contributed by atoms with E-state index in [0.29, 0.717) is 11.5 Å². The number of hydrogen-bond acceptors (Lipinski definition) is 4. The molecule has 1 N–H and O–H groups in total. The van der Waals surface area contributed by atoms with E-state index in [-0.39, 0.29) is 30.3 Å². The number of furan rings is 1. The van der Waals surface area contributed by atoms with Crippen LogP contribution in [0.15, 0.2) is 34.7 Å². The van der Waals surface area contributed by atoms with Crippen LogP contribution >= 0.6 is 0 Å². The predicted octanol–water partition coefficient (Wildman–Crippen LogP) is 2.39. The Bertz CT molecular complexity index is 886. The number of hydrogen-bond donors (Lipinski definition) is 1. The second-order valence-corrected chi connectivity index (χ2v) is 6.45. The first-order valence-corrected chi connectivity index (χ1v) is 8.22. The van der Waals surface area contributed by atoms with Gasteiger partial charge in [-0.25, -0.2) is 4.79 Å². The van der Waals surface area contributed by atoms with Gasteiger partial charge in [-0.15, -0.1) is 0 Å². The van der Waals surface area contributed by atoms with E-state index in [4.69, 9.17) is 9.52 Å². The molecule has 0 bridgehead atoms. The molecule has 2 heterocycles. The summed E-state index contributed by atoms with van der Waals surface area (Å²) in [7, 11) is 3.32. The number of rotatable bonds is 4. The number of anilines is 1. The zero-order valence-electron chi connectivity index (χ0n) is 14.9. The normalized spacial score (nSPS) is 16.3. The van der Waals surface area contributed by atoms with Gasteiger partial charge in [0, 0.05) is 26.2 Å². The highest BCUT2D eigenvalue weighted by atomic mass is 16.4. The molecule has 136 valence electrons. The van der Waals surface area contributed by atoms with E-state index in [1.807, 2.05) is 24.3 Å². The number of fused-ring (bicyclic) bond motifs is 1. The lowest BCUT2D eigenvalue weighted by atomic mass is 9.88. The number of likely N-dealkylation sites (N-methyl/N-ethyl adjacent to an activating group) is 1. The Morgan fingerprint density at radius 2 is 2.04 bits per heavy atom. The fourth-order valence-corrected chi connectivity index (χ4v) is 3.28. The lowest BCUT2D eigenvalue weighted by Gasteiger charge is -2.32. The molecule has 1 aromatic heterocycles. The first kappa shape index (κ1) is 17.7. The van der Waals surface area contributed by atoms with Gasteiger partial charge in [0.2, 0.25) is 11.8 Å². The molecule has 3 rings (SSSR count). The van der Waals surface area contributed by atoms with Crippen LogP contribution in [0.2, 0.25) is 0 Å². The molecule has 1 aliphatic rings. The fourth-order valence-electron chi connectivity index (χ4n) is 3.28. The molecule has 2 aromatic rings. The standard InChI is InChI=1S/C19H20N2O5/c1-11-14(19(24)25)8-12(26-11)10-20(2)18(23)15-9-17(22)21(3)16-7-5-4-6-13(15)16/h4-8,15H,9-10H2,1-3H3,(H,24,25)/t15-/m0/s1. The summed E-state index contributed by atoms with van der Waals surface area (Å²) in [5.74, 6) is -1.25. The second-order valence-electron chi connectivity index (χ2n) is 6.45. The van der Waals surface area contributed by atoms with Crippen molar-refractivity contribution in [2.45, 2.75) is 25.8 Å². The lowest BCUT2D eigenvalue weighted by molar-refractivity contribution is -0.134. The van der Waals surface area contributed by atoms with Gasteiger partial charge in [-0.1, -0.05) is 18.2 Å². The van der Waals surface area contributed by atoms with Crippen LogP contribution in [0, 0.1) is 6.92 Å². The smallest absolute Gasteiger partial charge is 0.339 e. The molecule has 1 aromatic carbocycles. The number of carboxylic acids is 1. The lowest BCUT2D eigenvalue weighted by Crippen LogP contribution is -2.39. The van der Waals surface area contributed by atoms with Crippen LogP contribution in [0.1, 0.15) is 39.8 Å². The highest BCUT2D eigenvalue weighted by Crippen LogP contribution is 2.36. The Labute approximate surface area is 150 Å². The van der Waals surface area contributed by atoms with E-state index < -0.39 is 11.9 Å². The van der Waals surface area contributed by atoms with Crippen LogP contribution in [0.5, 0.6) is 0 Å². The van der Waals surface area contributed by atoms with Crippen molar-refractivity contribution in [1.29, 1.82) is 0 Å². The van der Waals surface area contributed by atoms with Crippen molar-refractivity contribution in [3.8, 4) is 0 Å². The highest BCUT2D eigenvalue weighted by Gasteiger charge is 2.35. The molecule has 0 spiro atoms. The maximum atomic E-state index is 12.9. The molecule has 0 aliphatic carbocycles. The Hall–Kier alpha value is -3.09. The van der Waals surface area contributed by atoms with Crippen molar-refractivity contribution < 1.29 is 23.9 Å². The molecule has 0 saturated carbocycles. The second kappa shape index (κ2) is 6.67. The SMILES string of the molecule is Cc1oc(CN(C)C(=O)[C@H]2CC(=O)N(C)c3ccccc32)cc1C(=O)O. The van der Waals surface area contributed by atoms with E-state index in [9.17, 15) is 14.4 Å². The van der Waals surface area contributed by atoms with Gasteiger partial charge in [0.05, 0.1) is 12.5 Å². The summed E-state index contributed by atoms with van der Waals surface area (Å²) >= 11 is 0. The Morgan fingerprint density at radius 1 is 1.35 bits per heavy atom. The molecule has 0 fully saturated rings. The van der Waals surface area contributed by atoms with Gasteiger partial charge in [0.15, 0.2) is 0 Å². The van der Waals surface area contributed by atoms with E-state index in [1.165, 1.54) is 11.0 Å². The molecule has 0 saturated heterocycles. The summed E-state index contributed by atoms with van der Waals surface area (Å²) in [6, 6.07) is 8.78. The van der Waals surface area contributed by atoms with Crippen LogP contribution in [-0.2, 0) is 16.1 Å². The number of aromatic carboxylic acids is 1.